The predicted molar refractivity (Wildman–Crippen MR) is 18.3 cm³/mol. The molecule has 52 valence electrons. The van der Waals surface area contributed by atoms with Crippen molar-refractivity contribution in [3.63, 3.8) is 0 Å². The van der Waals surface area contributed by atoms with Crippen molar-refractivity contribution in [3.05, 3.63) is 7.43 Å². The van der Waals surface area contributed by atoms with Crippen LogP contribution in [0, 0.1) is 7.43 Å². The maximum absolute atomic E-state index is 0. The average molecular weight is 132 g/mol. The van der Waals surface area contributed by atoms with Crippen LogP contribution in [-0.2, 0) is 0 Å². The lowest BCUT2D eigenvalue weighted by molar-refractivity contribution is 1.11. The molecule has 0 unspecified atom stereocenters. The molecule has 0 aliphatic heterocycles. The van der Waals surface area contributed by atoms with Crippen LogP contribution < -0.4 is 0 Å². The molecule has 0 aromatic heterocycles. The highest BCUT2D eigenvalue weighted by molar-refractivity contribution is 3.24. The molecule has 0 N–H and O–H groups in total. The lowest BCUT2D eigenvalue weighted by atomic mass is 12.0. The summed E-state index contributed by atoms with van der Waals surface area (Å²) in [6, 6.07) is 0. The van der Waals surface area contributed by atoms with Crippen molar-refractivity contribution >= 4 is 0 Å². The van der Waals surface area contributed by atoms with Gasteiger partial charge in [-0.1, -0.05) is 0 Å². The molecule has 0 amide bonds. The van der Waals surface area contributed by atoms with Gasteiger partial charge in [-0.25, -0.2) is 0 Å². The Labute approximate surface area is 37.1 Å². The summed E-state index contributed by atoms with van der Waals surface area (Å²) < 4.78 is 0. The molecule has 0 atom stereocenters. The van der Waals surface area contributed by atoms with Gasteiger partial charge in [-0.2, -0.15) is 0 Å². The van der Waals surface area contributed by atoms with Gasteiger partial charge in [0.25, 0.3) is 0 Å². The Morgan fingerprint density at radius 1 is 0.286 bits per heavy atom. The molecule has 6 heteroatoms. The Kier molecular flexibility index (Phi) is 110000. The maximum atomic E-state index is 0. The Morgan fingerprint density at radius 2 is 0.286 bits per heavy atom. The first-order valence-electron chi connectivity index (χ1n) is 0. The van der Waals surface area contributed by atoms with E-state index < -0.39 is 0 Å². The van der Waals surface area contributed by atoms with Crippen LogP contribution in [0.2, 0.25) is 0 Å². The molecule has 0 saturated carbocycles. The second-order valence-corrected chi connectivity index (χ2v) is 0. The van der Waals surface area contributed by atoms with Gasteiger partial charge in [0.1, 0.15) is 0 Å². The van der Waals surface area contributed by atoms with Gasteiger partial charge in [-0.05, 0) is 0 Å². The second kappa shape index (κ2) is 664. The first kappa shape index (κ1) is 1160. The zero-order valence-corrected chi connectivity index (χ0v) is 2.95. The van der Waals surface area contributed by atoms with Gasteiger partial charge in [0.2, 0.25) is 0 Å². The second-order valence-electron chi connectivity index (χ2n) is 0. The molecule has 0 aromatic carbocycles. The third-order valence-electron chi connectivity index (χ3n) is 0. The minimum absolute atomic E-state index is 0. The van der Waals surface area contributed by atoms with Crippen LogP contribution in [0.15, 0.2) is 0 Å². The topological polar surface area (TPSA) is 0 Å². The van der Waals surface area contributed by atoms with E-state index in [4.69, 9.17) is 0 Å². The van der Waals surface area contributed by atoms with Crippen molar-refractivity contribution in [1.82, 2.24) is 0 Å². The zero-order valence-electron chi connectivity index (χ0n) is 2.95. The van der Waals surface area contributed by atoms with Crippen LogP contribution in [0.25, 0.3) is 0 Å². The molecular weight excluding hydrogens is 126 g/mol. The fourth-order valence-corrected chi connectivity index (χ4v) is 0. The molecule has 0 saturated heterocycles. The van der Waals surface area contributed by atoms with E-state index in [1.807, 2.05) is 0 Å². The molecule has 0 aliphatic carbocycles. The van der Waals surface area contributed by atoms with Crippen molar-refractivity contribution in [2.75, 3.05) is 0 Å². The molecule has 0 bridgehead atoms. The van der Waals surface area contributed by atoms with E-state index in [1.165, 1.54) is 0 Å². The van der Waals surface area contributed by atoms with E-state index in [-0.39, 0.29) is 35.7 Å². The summed E-state index contributed by atoms with van der Waals surface area (Å²) in [7, 11) is 0. The molecular formula is CH6F6. The molecule has 0 nitrogen and oxygen atoms in total. The minimum Gasteiger partial charge on any atom is -0.269 e. The molecule has 0 aromatic rings. The maximum Gasteiger partial charge on any atom is 0 e. The fourth-order valence-electron chi connectivity index (χ4n) is 0. The lowest BCUT2D eigenvalue weighted by Gasteiger charge is -0.270. The standard InChI is InChI=1S/C.6FH/h;6*1H. The third kappa shape index (κ3) is 405. The Morgan fingerprint density at radius 3 is 0.286 bits per heavy atom. The SMILES string of the molecule is F.F.F.F.F.F.[C]. The van der Waals surface area contributed by atoms with Gasteiger partial charge in [0, 0.05) is 7.43 Å². The normalized spacial score (nSPS) is 0. The first-order valence-corrected chi connectivity index (χ1v) is 0. The fraction of sp³-hybridized carbons (Fsp3) is 0. The van der Waals surface area contributed by atoms with Crippen molar-refractivity contribution in [1.29, 1.82) is 0 Å². The van der Waals surface area contributed by atoms with Crippen LogP contribution in [-0.4, -0.2) is 0 Å². The molecule has 4 radical (unpaired) electrons. The Balaban J connectivity index is 0. The number of hydrogen-bond donors (Lipinski definition) is 0. The van der Waals surface area contributed by atoms with E-state index >= 15 is 0 Å². The Hall–Kier alpha value is -0.420. The first-order chi connectivity index (χ1) is 0. The monoisotopic (exact) mass is 132 g/mol. The summed E-state index contributed by atoms with van der Waals surface area (Å²) in [4.78, 5) is 0. The smallest absolute Gasteiger partial charge is 0 e. The van der Waals surface area contributed by atoms with Crippen molar-refractivity contribution < 1.29 is 28.2 Å². The van der Waals surface area contributed by atoms with E-state index in [1.54, 1.807) is 0 Å². The van der Waals surface area contributed by atoms with Crippen LogP contribution in [0.5, 0.6) is 0 Å². The average Bonchev–Trinajstić information content (AvgIpc) is 0. The van der Waals surface area contributed by atoms with Gasteiger partial charge in [-0.3, -0.25) is 28.2 Å². The van der Waals surface area contributed by atoms with Crippen LogP contribution in [0.4, 0.5) is 28.2 Å². The highest BCUT2D eigenvalue weighted by Crippen LogP contribution is 0.425. The van der Waals surface area contributed by atoms with Gasteiger partial charge < -0.3 is 0 Å². The van der Waals surface area contributed by atoms with E-state index in [0.29, 0.717) is 0 Å². The van der Waals surface area contributed by atoms with E-state index in [0.717, 1.165) is 0 Å². The van der Waals surface area contributed by atoms with E-state index in [2.05, 4.69) is 0 Å². The quantitative estimate of drug-likeness (QED) is 0.431. The van der Waals surface area contributed by atoms with Crippen molar-refractivity contribution in [2.45, 2.75) is 0 Å². The van der Waals surface area contributed by atoms with Crippen molar-refractivity contribution in [3.8, 4) is 0 Å². The predicted octanol–water partition coefficient (Wildman–Crippen LogP) is 0.996. The summed E-state index contributed by atoms with van der Waals surface area (Å²) in [5.74, 6) is 0. The molecule has 0 aliphatic rings. The van der Waals surface area contributed by atoms with E-state index in [9.17, 15) is 0 Å². The molecule has 7 heavy (non-hydrogen) atoms. The van der Waals surface area contributed by atoms with Gasteiger partial charge in [-0.15, -0.1) is 0 Å². The van der Waals surface area contributed by atoms with Crippen LogP contribution >= 0.6 is 0 Å². The molecule has 0 spiro atoms. The van der Waals surface area contributed by atoms with Crippen LogP contribution in [0.3, 0.4) is 0 Å². The lowest BCUT2D eigenvalue weighted by Crippen LogP contribution is 0.0813. The van der Waals surface area contributed by atoms with Gasteiger partial charge in [0.15, 0.2) is 0 Å². The summed E-state index contributed by atoms with van der Waals surface area (Å²) in [6.45, 7) is 0. The molecule has 0 heterocycles. The summed E-state index contributed by atoms with van der Waals surface area (Å²) in [5.41, 5.74) is 0. The molecule has 0 rings (SSSR count). The summed E-state index contributed by atoms with van der Waals surface area (Å²) >= 11 is 0. The van der Waals surface area contributed by atoms with Gasteiger partial charge in [0.05, 0.1) is 0 Å². The third-order valence-corrected chi connectivity index (χ3v) is 0. The molecule has 0 fully saturated rings. The number of halogens is 6. The van der Waals surface area contributed by atoms with Crippen LogP contribution in [0.1, 0.15) is 0 Å². The largest absolute Gasteiger partial charge is 0.269 e. The minimum atomic E-state index is 0. The zero-order chi connectivity index (χ0) is 0. The summed E-state index contributed by atoms with van der Waals surface area (Å²) in [5, 5.41) is 0. The Bertz CT molecular complexity index is 4.14. The highest BCUT2D eigenvalue weighted by Gasteiger charge is 0.0000227. The van der Waals surface area contributed by atoms with Gasteiger partial charge >= 0.3 is 0 Å². The summed E-state index contributed by atoms with van der Waals surface area (Å²) in [6.07, 6.45) is 0. The number of rotatable bonds is 0. The number of hydrogen-bond acceptors (Lipinski definition) is 0. The van der Waals surface area contributed by atoms with Crippen molar-refractivity contribution in [2.24, 2.45) is 0 Å². The highest BCUT2D eigenvalue weighted by atomic mass is 19.0.